The molecular formula is C14H20BrNOS. The van der Waals surface area contributed by atoms with E-state index in [4.69, 9.17) is 0 Å². The maximum Gasteiger partial charge on any atom is 0.261 e. The van der Waals surface area contributed by atoms with Gasteiger partial charge in [0.05, 0.1) is 4.88 Å². The molecule has 0 saturated heterocycles. The van der Waals surface area contributed by atoms with Crippen molar-refractivity contribution in [3.8, 4) is 0 Å². The molecule has 0 aromatic carbocycles. The van der Waals surface area contributed by atoms with Crippen LogP contribution >= 0.6 is 27.3 Å². The van der Waals surface area contributed by atoms with Crippen LogP contribution in [-0.4, -0.2) is 17.3 Å². The second-order valence-corrected chi connectivity index (χ2v) is 7.23. The normalized spacial score (nSPS) is 23.9. The topological polar surface area (TPSA) is 29.1 Å². The van der Waals surface area contributed by atoms with Crippen molar-refractivity contribution in [3.05, 3.63) is 21.9 Å². The summed E-state index contributed by atoms with van der Waals surface area (Å²) < 4.78 is 0. The summed E-state index contributed by atoms with van der Waals surface area (Å²) in [6, 6.07) is 3.98. The van der Waals surface area contributed by atoms with E-state index in [9.17, 15) is 4.79 Å². The predicted molar refractivity (Wildman–Crippen MR) is 80.7 cm³/mol. The zero-order valence-corrected chi connectivity index (χ0v) is 13.1. The molecular weight excluding hydrogens is 310 g/mol. The highest BCUT2D eigenvalue weighted by Gasteiger charge is 2.23. The van der Waals surface area contributed by atoms with Gasteiger partial charge >= 0.3 is 0 Å². The van der Waals surface area contributed by atoms with Crippen molar-refractivity contribution in [1.82, 2.24) is 5.32 Å². The van der Waals surface area contributed by atoms with Crippen LogP contribution in [0.25, 0.3) is 0 Å². The Morgan fingerprint density at radius 3 is 2.89 bits per heavy atom. The van der Waals surface area contributed by atoms with Gasteiger partial charge in [-0.05, 0) is 37.3 Å². The molecule has 1 aliphatic rings. The van der Waals surface area contributed by atoms with Crippen molar-refractivity contribution < 1.29 is 4.79 Å². The van der Waals surface area contributed by atoms with E-state index in [-0.39, 0.29) is 5.91 Å². The molecule has 0 spiro atoms. The Bertz CT molecular complexity index is 404. The van der Waals surface area contributed by atoms with Crippen LogP contribution in [0.2, 0.25) is 0 Å². The number of amides is 1. The Hall–Kier alpha value is -0.350. The van der Waals surface area contributed by atoms with E-state index < -0.39 is 0 Å². The minimum absolute atomic E-state index is 0.0879. The summed E-state index contributed by atoms with van der Waals surface area (Å²) in [5.41, 5.74) is 0. The number of thiophene rings is 1. The van der Waals surface area contributed by atoms with Gasteiger partial charge in [-0.1, -0.05) is 35.7 Å². The largest absolute Gasteiger partial charge is 0.351 e. The van der Waals surface area contributed by atoms with Gasteiger partial charge in [0, 0.05) is 16.2 Å². The molecule has 2 unspecified atom stereocenters. The van der Waals surface area contributed by atoms with E-state index in [1.165, 1.54) is 30.6 Å². The number of hydrogen-bond donors (Lipinski definition) is 1. The maximum atomic E-state index is 12.0. The van der Waals surface area contributed by atoms with Crippen molar-refractivity contribution >= 4 is 33.2 Å². The Labute approximate surface area is 121 Å². The molecule has 1 aromatic heterocycles. The van der Waals surface area contributed by atoms with Gasteiger partial charge in [0.2, 0.25) is 0 Å². The SMILES string of the molecule is CCc1ccc(C(=O)NCC2CCCCC2Br)s1. The molecule has 1 saturated carbocycles. The highest BCUT2D eigenvalue weighted by Crippen LogP contribution is 2.29. The van der Waals surface area contributed by atoms with Crippen LogP contribution in [0.1, 0.15) is 47.2 Å². The lowest BCUT2D eigenvalue weighted by Gasteiger charge is -2.27. The molecule has 4 heteroatoms. The molecule has 2 atom stereocenters. The maximum absolute atomic E-state index is 12.0. The average Bonchev–Trinajstić information content (AvgIpc) is 2.86. The van der Waals surface area contributed by atoms with Crippen molar-refractivity contribution in [2.45, 2.75) is 43.9 Å². The van der Waals surface area contributed by atoms with E-state index in [0.29, 0.717) is 10.7 Å². The third-order valence-corrected chi connectivity index (χ3v) is 6.01. The molecule has 1 aliphatic carbocycles. The van der Waals surface area contributed by atoms with Crippen LogP contribution in [0.3, 0.4) is 0 Å². The molecule has 1 aromatic rings. The number of alkyl halides is 1. The number of carbonyl (C=O) groups is 1. The number of aryl methyl sites for hydroxylation is 1. The number of rotatable bonds is 4. The zero-order valence-electron chi connectivity index (χ0n) is 10.7. The van der Waals surface area contributed by atoms with Crippen LogP contribution in [0, 0.1) is 5.92 Å². The third kappa shape index (κ3) is 3.58. The van der Waals surface area contributed by atoms with Gasteiger partial charge in [0.1, 0.15) is 0 Å². The lowest BCUT2D eigenvalue weighted by Crippen LogP contribution is -2.34. The molecule has 100 valence electrons. The number of carbonyl (C=O) groups excluding carboxylic acids is 1. The summed E-state index contributed by atoms with van der Waals surface area (Å²) in [6.45, 7) is 2.92. The first kappa shape index (κ1) is 14.1. The van der Waals surface area contributed by atoms with Gasteiger partial charge < -0.3 is 5.32 Å². The fraction of sp³-hybridized carbons (Fsp3) is 0.643. The Kier molecular flexibility index (Phi) is 5.25. The van der Waals surface area contributed by atoms with E-state index >= 15 is 0 Å². The molecule has 1 amide bonds. The number of halogens is 1. The first-order valence-electron chi connectivity index (χ1n) is 6.71. The van der Waals surface area contributed by atoms with Crippen molar-refractivity contribution in [3.63, 3.8) is 0 Å². The van der Waals surface area contributed by atoms with Crippen LogP contribution in [-0.2, 0) is 6.42 Å². The molecule has 0 aliphatic heterocycles. The molecule has 0 bridgehead atoms. The van der Waals surface area contributed by atoms with E-state index in [1.807, 2.05) is 12.1 Å². The Balaban J connectivity index is 1.84. The van der Waals surface area contributed by atoms with Crippen molar-refractivity contribution in [2.24, 2.45) is 5.92 Å². The summed E-state index contributed by atoms with van der Waals surface area (Å²) in [6.07, 6.45) is 6.07. The van der Waals surface area contributed by atoms with Crippen LogP contribution < -0.4 is 5.32 Å². The molecule has 1 fully saturated rings. The fourth-order valence-corrected chi connectivity index (χ4v) is 4.03. The standard InChI is InChI=1S/C14H20BrNOS/c1-2-11-7-8-13(18-11)14(17)16-9-10-5-3-4-6-12(10)15/h7-8,10,12H,2-6,9H2,1H3,(H,16,17). The second kappa shape index (κ2) is 6.71. The summed E-state index contributed by atoms with van der Waals surface area (Å²) in [5, 5.41) is 3.08. The fourth-order valence-electron chi connectivity index (χ4n) is 2.39. The highest BCUT2D eigenvalue weighted by atomic mass is 79.9. The zero-order chi connectivity index (χ0) is 13.0. The van der Waals surface area contributed by atoms with Gasteiger partial charge in [-0.3, -0.25) is 4.79 Å². The minimum Gasteiger partial charge on any atom is -0.351 e. The summed E-state index contributed by atoms with van der Waals surface area (Å²) in [5.74, 6) is 0.679. The van der Waals surface area contributed by atoms with E-state index in [0.717, 1.165) is 17.8 Å². The first-order chi connectivity index (χ1) is 8.70. The summed E-state index contributed by atoms with van der Waals surface area (Å²) >= 11 is 5.33. The van der Waals surface area contributed by atoms with E-state index in [1.54, 1.807) is 11.3 Å². The molecule has 2 nitrogen and oxygen atoms in total. The van der Waals surface area contributed by atoms with Gasteiger partial charge in [-0.2, -0.15) is 0 Å². The highest BCUT2D eigenvalue weighted by molar-refractivity contribution is 9.09. The van der Waals surface area contributed by atoms with Crippen LogP contribution in [0.15, 0.2) is 12.1 Å². The smallest absolute Gasteiger partial charge is 0.261 e. The molecule has 1 N–H and O–H groups in total. The van der Waals surface area contributed by atoms with Gasteiger partial charge in [0.15, 0.2) is 0 Å². The summed E-state index contributed by atoms with van der Waals surface area (Å²) in [7, 11) is 0. The van der Waals surface area contributed by atoms with Crippen LogP contribution in [0.4, 0.5) is 0 Å². The number of hydrogen-bond acceptors (Lipinski definition) is 2. The lowest BCUT2D eigenvalue weighted by atomic mass is 9.89. The molecule has 2 rings (SSSR count). The molecule has 18 heavy (non-hydrogen) atoms. The average molecular weight is 330 g/mol. The van der Waals surface area contributed by atoms with Crippen molar-refractivity contribution in [2.75, 3.05) is 6.54 Å². The van der Waals surface area contributed by atoms with Crippen molar-refractivity contribution in [1.29, 1.82) is 0 Å². The minimum atomic E-state index is 0.0879. The monoisotopic (exact) mass is 329 g/mol. The quantitative estimate of drug-likeness (QED) is 0.831. The van der Waals surface area contributed by atoms with Gasteiger partial charge in [-0.25, -0.2) is 0 Å². The predicted octanol–water partition coefficient (Wildman–Crippen LogP) is 3.99. The second-order valence-electron chi connectivity index (χ2n) is 4.89. The lowest BCUT2D eigenvalue weighted by molar-refractivity contribution is 0.0948. The first-order valence-corrected chi connectivity index (χ1v) is 8.45. The Morgan fingerprint density at radius 1 is 1.44 bits per heavy atom. The number of nitrogens with one attached hydrogen (secondary N) is 1. The van der Waals surface area contributed by atoms with E-state index in [2.05, 4.69) is 28.2 Å². The van der Waals surface area contributed by atoms with Gasteiger partial charge in [0.25, 0.3) is 5.91 Å². The van der Waals surface area contributed by atoms with Crippen LogP contribution in [0.5, 0.6) is 0 Å². The Morgan fingerprint density at radius 2 is 2.22 bits per heavy atom. The third-order valence-electron chi connectivity index (χ3n) is 3.58. The molecule has 1 heterocycles. The summed E-state index contributed by atoms with van der Waals surface area (Å²) in [4.78, 5) is 14.7. The van der Waals surface area contributed by atoms with Gasteiger partial charge in [-0.15, -0.1) is 11.3 Å². The molecule has 0 radical (unpaired) electrons.